The lowest BCUT2D eigenvalue weighted by molar-refractivity contribution is -0.129. The first kappa shape index (κ1) is 11.5. The van der Waals surface area contributed by atoms with Gasteiger partial charge < -0.3 is 9.42 Å². The van der Waals surface area contributed by atoms with E-state index in [1.54, 1.807) is 0 Å². The molecule has 0 aliphatic carbocycles. The molecule has 0 saturated carbocycles. The van der Waals surface area contributed by atoms with E-state index in [0.29, 0.717) is 12.2 Å². The number of rotatable bonds is 2. The summed E-state index contributed by atoms with van der Waals surface area (Å²) in [5.41, 5.74) is 3.65. The minimum absolute atomic E-state index is 0.128. The Bertz CT molecular complexity index is 500. The average Bonchev–Trinajstić information content (AvgIpc) is 2.92. The molecule has 0 fully saturated rings. The first-order valence-electron chi connectivity index (χ1n) is 6.20. The van der Waals surface area contributed by atoms with Crippen LogP contribution in [-0.2, 0) is 11.2 Å². The van der Waals surface area contributed by atoms with Gasteiger partial charge in [-0.1, -0.05) is 5.16 Å². The van der Waals surface area contributed by atoms with Gasteiger partial charge in [0.1, 0.15) is 5.76 Å². The quantitative estimate of drug-likeness (QED) is 0.718. The van der Waals surface area contributed by atoms with Crippen LogP contribution in [0.25, 0.3) is 0 Å². The van der Waals surface area contributed by atoms with Crippen LogP contribution in [0.3, 0.4) is 0 Å². The van der Waals surface area contributed by atoms with Crippen LogP contribution >= 0.6 is 0 Å². The highest BCUT2D eigenvalue weighted by Gasteiger charge is 2.30. The number of nitrogens with zero attached hydrogens (tertiary/aromatic N) is 3. The van der Waals surface area contributed by atoms with Crippen molar-refractivity contribution in [3.05, 3.63) is 28.7 Å². The molecule has 3 heterocycles. The van der Waals surface area contributed by atoms with E-state index < -0.39 is 0 Å². The molecule has 0 N–H and O–H groups in total. The van der Waals surface area contributed by atoms with Crippen molar-refractivity contribution in [2.45, 2.75) is 13.3 Å². The number of amides is 1. The molecule has 0 atom stereocenters. The maximum Gasteiger partial charge on any atom is 0.230 e. The predicted molar refractivity (Wildman–Crippen MR) is 66.0 cm³/mol. The molecule has 1 amide bonds. The zero-order valence-corrected chi connectivity index (χ0v) is 10.8. The molecular weight excluding hydrogens is 230 g/mol. The van der Waals surface area contributed by atoms with E-state index >= 15 is 0 Å². The summed E-state index contributed by atoms with van der Waals surface area (Å²) in [5.74, 6) is 0.782. The lowest BCUT2D eigenvalue weighted by Crippen LogP contribution is -2.34. The largest absolute Gasteiger partial charge is 0.361 e. The zero-order valence-electron chi connectivity index (χ0n) is 10.8. The van der Waals surface area contributed by atoms with Gasteiger partial charge in [0.25, 0.3) is 0 Å². The number of carbonyl (C=O) groups excluding carboxylic acids is 1. The smallest absolute Gasteiger partial charge is 0.230 e. The fourth-order valence-electron chi connectivity index (χ4n) is 2.71. The summed E-state index contributed by atoms with van der Waals surface area (Å²) in [6, 6.07) is 1.82. The molecule has 5 nitrogen and oxygen atoms in total. The first-order valence-corrected chi connectivity index (χ1v) is 6.20. The van der Waals surface area contributed by atoms with Crippen molar-refractivity contribution in [1.82, 2.24) is 15.0 Å². The Morgan fingerprint density at radius 3 is 2.56 bits per heavy atom. The van der Waals surface area contributed by atoms with Gasteiger partial charge in [0.15, 0.2) is 0 Å². The topological polar surface area (TPSA) is 49.6 Å². The summed E-state index contributed by atoms with van der Waals surface area (Å²) in [6.45, 7) is 5.43. The molecule has 1 aromatic heterocycles. The van der Waals surface area contributed by atoms with Crippen molar-refractivity contribution in [3.8, 4) is 0 Å². The third-order valence-corrected chi connectivity index (χ3v) is 3.54. The van der Waals surface area contributed by atoms with Crippen molar-refractivity contribution in [2.24, 2.45) is 0 Å². The molecule has 0 bridgehead atoms. The molecular formula is C13H17N3O2. The van der Waals surface area contributed by atoms with Crippen LogP contribution in [0.1, 0.15) is 11.5 Å². The Morgan fingerprint density at radius 1 is 1.33 bits per heavy atom. The molecule has 18 heavy (non-hydrogen) atoms. The monoisotopic (exact) mass is 247 g/mol. The lowest BCUT2D eigenvalue weighted by atomic mass is 10.2. The molecule has 2 aliphatic heterocycles. The van der Waals surface area contributed by atoms with Gasteiger partial charge in [-0.05, 0) is 25.1 Å². The van der Waals surface area contributed by atoms with Gasteiger partial charge in [-0.2, -0.15) is 0 Å². The standard InChI is InChI=1S/C13H17N3O2/c1-9-3-12(18-14-9)4-13(17)16-7-10-5-15(2)6-11(10)8-16/h3H,4-8H2,1-2H3. The fourth-order valence-corrected chi connectivity index (χ4v) is 2.71. The number of likely N-dealkylation sites (N-methyl/N-ethyl adjacent to an activating group) is 1. The van der Waals surface area contributed by atoms with Crippen LogP contribution in [0.15, 0.2) is 21.7 Å². The van der Waals surface area contributed by atoms with E-state index in [0.717, 1.165) is 31.9 Å². The van der Waals surface area contributed by atoms with Crippen LogP contribution in [0.5, 0.6) is 0 Å². The maximum absolute atomic E-state index is 12.1. The SMILES string of the molecule is Cc1cc(CC(=O)N2CC3=C(CN(C)C3)C2)on1. The molecule has 3 rings (SSSR count). The molecule has 0 spiro atoms. The molecule has 0 unspecified atom stereocenters. The second-order valence-electron chi connectivity index (χ2n) is 5.24. The number of aryl methyl sites for hydroxylation is 1. The van der Waals surface area contributed by atoms with Crippen molar-refractivity contribution in [2.75, 3.05) is 33.2 Å². The van der Waals surface area contributed by atoms with Gasteiger partial charge in [0.2, 0.25) is 5.91 Å². The van der Waals surface area contributed by atoms with Crippen molar-refractivity contribution in [1.29, 1.82) is 0 Å². The Hall–Kier alpha value is -1.62. The molecule has 0 radical (unpaired) electrons. The zero-order chi connectivity index (χ0) is 12.7. The van der Waals surface area contributed by atoms with Crippen molar-refractivity contribution >= 4 is 5.91 Å². The van der Waals surface area contributed by atoms with Crippen molar-refractivity contribution < 1.29 is 9.32 Å². The Kier molecular flexibility index (Phi) is 2.70. The summed E-state index contributed by atoms with van der Waals surface area (Å²) in [4.78, 5) is 16.3. The summed E-state index contributed by atoms with van der Waals surface area (Å²) < 4.78 is 5.09. The third kappa shape index (κ3) is 2.06. The highest BCUT2D eigenvalue weighted by atomic mass is 16.5. The van der Waals surface area contributed by atoms with E-state index in [1.165, 1.54) is 11.1 Å². The second-order valence-corrected chi connectivity index (χ2v) is 5.24. The van der Waals surface area contributed by atoms with Gasteiger partial charge in [0.05, 0.1) is 12.1 Å². The van der Waals surface area contributed by atoms with E-state index in [9.17, 15) is 4.79 Å². The van der Waals surface area contributed by atoms with Gasteiger partial charge >= 0.3 is 0 Å². The normalized spacial score (nSPS) is 19.8. The highest BCUT2D eigenvalue weighted by Crippen LogP contribution is 2.24. The van der Waals surface area contributed by atoms with Crippen molar-refractivity contribution in [3.63, 3.8) is 0 Å². The average molecular weight is 247 g/mol. The molecule has 0 aromatic carbocycles. The fraction of sp³-hybridized carbons (Fsp3) is 0.538. The Labute approximate surface area is 106 Å². The number of hydrogen-bond acceptors (Lipinski definition) is 4. The van der Waals surface area contributed by atoms with Crippen LogP contribution in [0.4, 0.5) is 0 Å². The van der Waals surface area contributed by atoms with Gasteiger partial charge in [-0.15, -0.1) is 0 Å². The highest BCUT2D eigenvalue weighted by molar-refractivity contribution is 5.79. The van der Waals surface area contributed by atoms with Gasteiger partial charge in [0, 0.05) is 32.2 Å². The molecule has 2 aliphatic rings. The number of carbonyl (C=O) groups is 1. The molecule has 1 aromatic rings. The van der Waals surface area contributed by atoms with Gasteiger partial charge in [-0.25, -0.2) is 0 Å². The summed E-state index contributed by atoms with van der Waals surface area (Å²) in [6.07, 6.45) is 0.317. The number of hydrogen-bond donors (Lipinski definition) is 0. The van der Waals surface area contributed by atoms with E-state index in [2.05, 4.69) is 17.1 Å². The first-order chi connectivity index (χ1) is 8.61. The third-order valence-electron chi connectivity index (χ3n) is 3.54. The Balaban J connectivity index is 1.60. The summed E-state index contributed by atoms with van der Waals surface area (Å²) >= 11 is 0. The minimum Gasteiger partial charge on any atom is -0.361 e. The van der Waals surface area contributed by atoms with E-state index in [-0.39, 0.29) is 5.91 Å². The van der Waals surface area contributed by atoms with E-state index in [4.69, 9.17) is 4.52 Å². The summed E-state index contributed by atoms with van der Waals surface area (Å²) in [7, 11) is 2.11. The van der Waals surface area contributed by atoms with Gasteiger partial charge in [-0.3, -0.25) is 9.69 Å². The Morgan fingerprint density at radius 2 is 2.00 bits per heavy atom. The van der Waals surface area contributed by atoms with E-state index in [1.807, 2.05) is 17.9 Å². The summed E-state index contributed by atoms with van der Waals surface area (Å²) in [5, 5.41) is 3.80. The van der Waals surface area contributed by atoms with Crippen LogP contribution < -0.4 is 0 Å². The minimum atomic E-state index is 0.128. The molecule has 0 saturated heterocycles. The lowest BCUT2D eigenvalue weighted by Gasteiger charge is -2.19. The number of aromatic nitrogens is 1. The second kappa shape index (κ2) is 4.24. The predicted octanol–water partition coefficient (Wildman–Crippen LogP) is 0.610. The van der Waals surface area contributed by atoms with Crippen LogP contribution in [0.2, 0.25) is 0 Å². The molecule has 5 heteroatoms. The molecule has 96 valence electrons. The maximum atomic E-state index is 12.1. The van der Waals surface area contributed by atoms with Crippen LogP contribution in [-0.4, -0.2) is 54.1 Å². The van der Waals surface area contributed by atoms with Crippen LogP contribution in [0, 0.1) is 6.92 Å².